The van der Waals surface area contributed by atoms with E-state index in [9.17, 15) is 10.1 Å². The molecule has 2 atom stereocenters. The van der Waals surface area contributed by atoms with Crippen LogP contribution in [0.1, 0.15) is 18.9 Å². The van der Waals surface area contributed by atoms with Gasteiger partial charge in [0.2, 0.25) is 5.82 Å². The van der Waals surface area contributed by atoms with Crippen LogP contribution in [0.4, 0.5) is 11.5 Å². The second-order valence-corrected chi connectivity index (χ2v) is 4.47. The number of nitriles is 1. The summed E-state index contributed by atoms with van der Waals surface area (Å²) in [5, 5.41) is 22.6. The molecule has 1 fully saturated rings. The molecular weight excluding hydrogens is 248 g/mol. The zero-order chi connectivity index (χ0) is 13.8. The summed E-state index contributed by atoms with van der Waals surface area (Å²) in [5.74, 6) is 0.514. The molecule has 1 aliphatic heterocycles. The Morgan fingerprint density at radius 2 is 2.53 bits per heavy atom. The van der Waals surface area contributed by atoms with E-state index in [0.29, 0.717) is 12.5 Å². The van der Waals surface area contributed by atoms with Crippen molar-refractivity contribution in [2.75, 3.05) is 18.5 Å². The van der Waals surface area contributed by atoms with Crippen LogP contribution in [0.25, 0.3) is 0 Å². The van der Waals surface area contributed by atoms with Crippen molar-refractivity contribution in [1.29, 1.82) is 5.26 Å². The molecule has 1 aromatic heterocycles. The molecule has 1 N–H and O–H groups in total. The van der Waals surface area contributed by atoms with Gasteiger partial charge in [-0.1, -0.05) is 0 Å². The molecule has 1 aliphatic rings. The average Bonchev–Trinajstić information content (AvgIpc) is 2.81. The lowest BCUT2D eigenvalue weighted by atomic mass is 10.0. The van der Waals surface area contributed by atoms with Crippen molar-refractivity contribution in [3.8, 4) is 6.07 Å². The maximum atomic E-state index is 10.9. The summed E-state index contributed by atoms with van der Waals surface area (Å²) in [6.07, 6.45) is 2.40. The third-order valence-corrected chi connectivity index (χ3v) is 3.26. The molecule has 19 heavy (non-hydrogen) atoms. The van der Waals surface area contributed by atoms with Crippen LogP contribution in [0, 0.1) is 27.4 Å². The monoisotopic (exact) mass is 262 g/mol. The maximum Gasteiger partial charge on any atom is 0.312 e. The van der Waals surface area contributed by atoms with Gasteiger partial charge in [-0.2, -0.15) is 5.26 Å². The number of hydrogen-bond donors (Lipinski definition) is 1. The molecule has 2 heterocycles. The van der Waals surface area contributed by atoms with Gasteiger partial charge in [0.15, 0.2) is 0 Å². The molecular formula is C12H14N4O3. The minimum atomic E-state index is -0.537. The quantitative estimate of drug-likeness (QED) is 0.654. The van der Waals surface area contributed by atoms with Crippen molar-refractivity contribution >= 4 is 11.5 Å². The fourth-order valence-corrected chi connectivity index (χ4v) is 2.06. The first-order valence-corrected chi connectivity index (χ1v) is 6.02. The second kappa shape index (κ2) is 5.63. The zero-order valence-electron chi connectivity index (χ0n) is 10.5. The van der Waals surface area contributed by atoms with E-state index in [-0.39, 0.29) is 23.2 Å². The van der Waals surface area contributed by atoms with Crippen molar-refractivity contribution in [3.63, 3.8) is 0 Å². The van der Waals surface area contributed by atoms with Crippen molar-refractivity contribution in [1.82, 2.24) is 4.98 Å². The Morgan fingerprint density at radius 3 is 3.11 bits per heavy atom. The van der Waals surface area contributed by atoms with Gasteiger partial charge in [0.05, 0.1) is 16.6 Å². The number of pyridine rings is 1. The number of hydrogen-bond acceptors (Lipinski definition) is 6. The van der Waals surface area contributed by atoms with Crippen molar-refractivity contribution < 1.29 is 9.66 Å². The van der Waals surface area contributed by atoms with Crippen molar-refractivity contribution in [2.24, 2.45) is 5.92 Å². The number of ether oxygens (including phenoxy) is 1. The minimum absolute atomic E-state index is 0.143. The van der Waals surface area contributed by atoms with E-state index in [2.05, 4.69) is 10.3 Å². The van der Waals surface area contributed by atoms with Gasteiger partial charge < -0.3 is 10.1 Å². The molecule has 0 amide bonds. The van der Waals surface area contributed by atoms with Gasteiger partial charge in [0, 0.05) is 31.3 Å². The minimum Gasteiger partial charge on any atom is -0.378 e. The standard InChI is InChI=1S/C12H14N4O3/c1-8-10(2-3-19-8)7-15-12-11(16(17)18)4-9(5-13)6-14-12/h4,6,8,10H,2-3,7H2,1H3,(H,14,15). The molecule has 100 valence electrons. The summed E-state index contributed by atoms with van der Waals surface area (Å²) in [4.78, 5) is 14.3. The van der Waals surface area contributed by atoms with Crippen molar-refractivity contribution in [3.05, 3.63) is 27.9 Å². The molecule has 0 spiro atoms. The first-order chi connectivity index (χ1) is 9.11. The van der Waals surface area contributed by atoms with E-state index in [1.165, 1.54) is 12.3 Å². The molecule has 1 aromatic rings. The van der Waals surface area contributed by atoms with E-state index >= 15 is 0 Å². The number of nitrogens with one attached hydrogen (secondary N) is 1. The van der Waals surface area contributed by atoms with Gasteiger partial charge in [-0.3, -0.25) is 10.1 Å². The summed E-state index contributed by atoms with van der Waals surface area (Å²) >= 11 is 0. The Labute approximate surface area is 110 Å². The first kappa shape index (κ1) is 13.2. The lowest BCUT2D eigenvalue weighted by Crippen LogP contribution is -2.21. The van der Waals surface area contributed by atoms with Gasteiger partial charge in [-0.15, -0.1) is 0 Å². The van der Waals surface area contributed by atoms with E-state index in [1.807, 2.05) is 13.0 Å². The summed E-state index contributed by atoms with van der Waals surface area (Å²) in [6, 6.07) is 3.07. The molecule has 0 radical (unpaired) electrons. The molecule has 0 aromatic carbocycles. The number of nitrogens with zero attached hydrogens (tertiary/aromatic N) is 3. The highest BCUT2D eigenvalue weighted by Gasteiger charge is 2.25. The average molecular weight is 262 g/mol. The van der Waals surface area contributed by atoms with E-state index in [0.717, 1.165) is 13.0 Å². The Hall–Kier alpha value is -2.20. The van der Waals surface area contributed by atoms with E-state index in [4.69, 9.17) is 10.00 Å². The smallest absolute Gasteiger partial charge is 0.312 e. The third kappa shape index (κ3) is 2.98. The van der Waals surface area contributed by atoms with Crippen LogP contribution in [-0.4, -0.2) is 29.2 Å². The lowest BCUT2D eigenvalue weighted by molar-refractivity contribution is -0.384. The van der Waals surface area contributed by atoms with Crippen LogP contribution in [0.3, 0.4) is 0 Å². The number of anilines is 1. The topological polar surface area (TPSA) is 101 Å². The normalized spacial score (nSPS) is 21.9. The van der Waals surface area contributed by atoms with E-state index < -0.39 is 4.92 Å². The zero-order valence-corrected chi connectivity index (χ0v) is 10.5. The van der Waals surface area contributed by atoms with Gasteiger partial charge in [-0.05, 0) is 13.3 Å². The molecule has 0 saturated carbocycles. The number of aromatic nitrogens is 1. The fraction of sp³-hybridized carbons (Fsp3) is 0.500. The van der Waals surface area contributed by atoms with Crippen LogP contribution in [0.15, 0.2) is 12.3 Å². The first-order valence-electron chi connectivity index (χ1n) is 6.02. The van der Waals surface area contributed by atoms with Gasteiger partial charge in [-0.25, -0.2) is 4.98 Å². The molecule has 0 bridgehead atoms. The predicted octanol–water partition coefficient (Wildman–Crippen LogP) is 1.70. The fourth-order valence-electron chi connectivity index (χ4n) is 2.06. The Morgan fingerprint density at radius 1 is 1.74 bits per heavy atom. The van der Waals surface area contributed by atoms with Crippen LogP contribution >= 0.6 is 0 Å². The van der Waals surface area contributed by atoms with Gasteiger partial charge in [0.1, 0.15) is 6.07 Å². The highest BCUT2D eigenvalue weighted by Crippen LogP contribution is 2.25. The highest BCUT2D eigenvalue weighted by atomic mass is 16.6. The lowest BCUT2D eigenvalue weighted by Gasteiger charge is -2.14. The maximum absolute atomic E-state index is 10.9. The highest BCUT2D eigenvalue weighted by molar-refractivity contribution is 5.58. The number of rotatable bonds is 4. The SMILES string of the molecule is CC1OCCC1CNc1ncc(C#N)cc1[N+](=O)[O-]. The van der Waals surface area contributed by atoms with Crippen LogP contribution in [0.5, 0.6) is 0 Å². The summed E-state index contributed by atoms with van der Waals surface area (Å²) in [6.45, 7) is 3.28. The largest absolute Gasteiger partial charge is 0.378 e. The van der Waals surface area contributed by atoms with Crippen LogP contribution < -0.4 is 5.32 Å². The summed E-state index contributed by atoms with van der Waals surface area (Å²) < 4.78 is 5.43. The van der Waals surface area contributed by atoms with Crippen LogP contribution in [-0.2, 0) is 4.74 Å². The molecule has 0 aliphatic carbocycles. The summed E-state index contributed by atoms with van der Waals surface area (Å²) in [7, 11) is 0. The third-order valence-electron chi connectivity index (χ3n) is 3.26. The molecule has 2 rings (SSSR count). The van der Waals surface area contributed by atoms with Crippen LogP contribution in [0.2, 0.25) is 0 Å². The number of nitro groups is 1. The molecule has 1 saturated heterocycles. The molecule has 7 nitrogen and oxygen atoms in total. The molecule has 2 unspecified atom stereocenters. The van der Waals surface area contributed by atoms with E-state index in [1.54, 1.807) is 0 Å². The summed E-state index contributed by atoms with van der Waals surface area (Å²) in [5.41, 5.74) is 0.000404. The Kier molecular flexibility index (Phi) is 3.92. The van der Waals surface area contributed by atoms with Gasteiger partial charge in [0.25, 0.3) is 0 Å². The molecule has 7 heteroatoms. The second-order valence-electron chi connectivity index (χ2n) is 4.47. The predicted molar refractivity (Wildman–Crippen MR) is 67.6 cm³/mol. The van der Waals surface area contributed by atoms with Gasteiger partial charge >= 0.3 is 5.69 Å². The van der Waals surface area contributed by atoms with Crippen molar-refractivity contribution in [2.45, 2.75) is 19.4 Å². The Bertz CT molecular complexity index is 526. The Balaban J connectivity index is 2.11.